The van der Waals surface area contributed by atoms with Gasteiger partial charge in [-0.15, -0.1) is 0 Å². The highest BCUT2D eigenvalue weighted by atomic mass is 32.2. The summed E-state index contributed by atoms with van der Waals surface area (Å²) in [6.45, 7) is 0.748. The minimum atomic E-state index is -3.68. The Morgan fingerprint density at radius 1 is 1.50 bits per heavy atom. The van der Waals surface area contributed by atoms with Crippen molar-refractivity contribution in [3.8, 4) is 0 Å². The highest BCUT2D eigenvalue weighted by molar-refractivity contribution is 7.87. The molecule has 0 radical (unpaired) electrons. The first kappa shape index (κ1) is 13.3. The molecule has 1 saturated heterocycles. The second kappa shape index (κ2) is 5.55. The summed E-state index contributed by atoms with van der Waals surface area (Å²) in [6.07, 6.45) is -1.52. The van der Waals surface area contributed by atoms with E-state index >= 15 is 0 Å². The summed E-state index contributed by atoms with van der Waals surface area (Å²) in [7, 11) is -3.68. The van der Waals surface area contributed by atoms with E-state index in [1.165, 1.54) is 4.31 Å². The van der Waals surface area contributed by atoms with Crippen LogP contribution in [0, 0.1) is 0 Å². The maximum absolute atomic E-state index is 11.6. The fourth-order valence-corrected chi connectivity index (χ4v) is 2.34. The van der Waals surface area contributed by atoms with E-state index in [0.29, 0.717) is 13.2 Å². The summed E-state index contributed by atoms with van der Waals surface area (Å²) in [5, 5.41) is 9.04. The van der Waals surface area contributed by atoms with Crippen molar-refractivity contribution in [3.05, 3.63) is 0 Å². The first-order chi connectivity index (χ1) is 7.43. The summed E-state index contributed by atoms with van der Waals surface area (Å²) in [6, 6.07) is 0. The van der Waals surface area contributed by atoms with E-state index in [0.717, 1.165) is 0 Å². The van der Waals surface area contributed by atoms with Crippen LogP contribution in [0.4, 0.5) is 0 Å². The molecule has 1 unspecified atom stereocenters. The molecule has 1 aliphatic rings. The lowest BCUT2D eigenvalue weighted by molar-refractivity contribution is -0.125. The van der Waals surface area contributed by atoms with Crippen LogP contribution in [0.2, 0.25) is 0 Å². The van der Waals surface area contributed by atoms with E-state index < -0.39 is 28.8 Å². The number of ether oxygens (including phenoxy) is 1. The van der Waals surface area contributed by atoms with Crippen molar-refractivity contribution in [2.75, 3.05) is 32.8 Å². The Balaban J connectivity index is 2.47. The minimum absolute atomic E-state index is 0.252. The molecule has 1 aliphatic heterocycles. The normalized spacial score (nSPS) is 20.6. The smallest absolute Gasteiger partial charge is 0.279 e. The zero-order valence-electron chi connectivity index (χ0n) is 8.63. The lowest BCUT2D eigenvalue weighted by Gasteiger charge is -2.26. The lowest BCUT2D eigenvalue weighted by atomic mass is 10.3. The third-order valence-corrected chi connectivity index (χ3v) is 3.67. The van der Waals surface area contributed by atoms with Crippen molar-refractivity contribution in [3.63, 3.8) is 0 Å². The summed E-state index contributed by atoms with van der Waals surface area (Å²) in [5.74, 6) is -0.968. The maximum Gasteiger partial charge on any atom is 0.279 e. The van der Waals surface area contributed by atoms with Gasteiger partial charge in [0.2, 0.25) is 5.91 Å². The highest BCUT2D eigenvalue weighted by Crippen LogP contribution is 2.02. The van der Waals surface area contributed by atoms with Gasteiger partial charge in [-0.2, -0.15) is 17.4 Å². The molecule has 0 aromatic heterocycles. The van der Waals surface area contributed by atoms with E-state index in [1.54, 1.807) is 0 Å². The molecule has 1 atom stereocenters. The zero-order valence-corrected chi connectivity index (χ0v) is 9.44. The molecule has 94 valence electrons. The second-order valence-electron chi connectivity index (χ2n) is 3.28. The molecule has 1 amide bonds. The monoisotopic (exact) mass is 253 g/mol. The van der Waals surface area contributed by atoms with Crippen molar-refractivity contribution in [1.29, 1.82) is 0 Å². The fraction of sp³-hybridized carbons (Fsp3) is 0.857. The van der Waals surface area contributed by atoms with E-state index in [2.05, 4.69) is 4.72 Å². The number of amides is 1. The zero-order chi connectivity index (χ0) is 12.2. The van der Waals surface area contributed by atoms with E-state index in [9.17, 15) is 13.2 Å². The summed E-state index contributed by atoms with van der Waals surface area (Å²) < 4.78 is 31.5. The number of hydrogen-bond donors (Lipinski definition) is 3. The van der Waals surface area contributed by atoms with E-state index in [4.69, 9.17) is 15.6 Å². The number of aliphatic hydroxyl groups is 1. The fourth-order valence-electron chi connectivity index (χ4n) is 1.16. The number of nitrogens with one attached hydrogen (secondary N) is 1. The van der Waals surface area contributed by atoms with E-state index in [1.807, 2.05) is 0 Å². The quantitative estimate of drug-likeness (QED) is 0.482. The number of primary amides is 1. The molecule has 0 aromatic carbocycles. The Bertz CT molecular complexity index is 338. The molecule has 1 fully saturated rings. The van der Waals surface area contributed by atoms with Crippen molar-refractivity contribution >= 4 is 16.1 Å². The van der Waals surface area contributed by atoms with Crippen LogP contribution in [-0.4, -0.2) is 62.7 Å². The van der Waals surface area contributed by atoms with Crippen LogP contribution in [-0.2, 0) is 19.7 Å². The molecular formula is C7H15N3O5S. The third-order valence-electron chi connectivity index (χ3n) is 2.10. The molecule has 16 heavy (non-hydrogen) atoms. The van der Waals surface area contributed by atoms with Crippen LogP contribution >= 0.6 is 0 Å². The minimum Gasteiger partial charge on any atom is -0.382 e. The number of aliphatic hydroxyl groups excluding tert-OH is 1. The molecule has 0 spiro atoms. The van der Waals surface area contributed by atoms with Crippen LogP contribution in [0.1, 0.15) is 0 Å². The molecule has 0 aromatic rings. The van der Waals surface area contributed by atoms with Gasteiger partial charge < -0.3 is 15.6 Å². The maximum atomic E-state index is 11.6. The van der Waals surface area contributed by atoms with Gasteiger partial charge in [0.1, 0.15) is 6.10 Å². The Kier molecular flexibility index (Phi) is 4.62. The molecule has 8 nitrogen and oxygen atoms in total. The molecular weight excluding hydrogens is 238 g/mol. The number of hydrogen-bond acceptors (Lipinski definition) is 5. The molecule has 4 N–H and O–H groups in total. The standard InChI is InChI=1S/C7H15N3O5S/c8-7(12)6(11)5-9-16(13,14)10-1-3-15-4-2-10/h6,9,11H,1-5H2,(H2,8,12). The molecule has 9 heteroatoms. The van der Waals surface area contributed by atoms with Crippen molar-refractivity contribution in [2.45, 2.75) is 6.10 Å². The topological polar surface area (TPSA) is 122 Å². The van der Waals surface area contributed by atoms with Crippen LogP contribution in [0.25, 0.3) is 0 Å². The molecule has 0 saturated carbocycles. The van der Waals surface area contributed by atoms with Crippen molar-refractivity contribution in [2.24, 2.45) is 5.73 Å². The van der Waals surface area contributed by atoms with Crippen molar-refractivity contribution < 1.29 is 23.1 Å². The van der Waals surface area contributed by atoms with Crippen LogP contribution < -0.4 is 10.5 Å². The summed E-state index contributed by atoms with van der Waals surface area (Å²) >= 11 is 0. The Morgan fingerprint density at radius 3 is 2.56 bits per heavy atom. The van der Waals surface area contributed by atoms with Gasteiger partial charge in [-0.05, 0) is 0 Å². The number of morpholine rings is 1. The molecule has 0 aliphatic carbocycles. The van der Waals surface area contributed by atoms with Gasteiger partial charge in [0, 0.05) is 19.6 Å². The first-order valence-electron chi connectivity index (χ1n) is 4.73. The number of carbonyl (C=O) groups is 1. The van der Waals surface area contributed by atoms with Gasteiger partial charge in [-0.3, -0.25) is 4.79 Å². The predicted octanol–water partition coefficient (Wildman–Crippen LogP) is -3.00. The van der Waals surface area contributed by atoms with Crippen LogP contribution in [0.3, 0.4) is 0 Å². The van der Waals surface area contributed by atoms with Crippen molar-refractivity contribution in [1.82, 2.24) is 9.03 Å². The lowest BCUT2D eigenvalue weighted by Crippen LogP contribution is -2.49. The third kappa shape index (κ3) is 3.68. The SMILES string of the molecule is NC(=O)C(O)CNS(=O)(=O)N1CCOCC1. The predicted molar refractivity (Wildman–Crippen MR) is 54.5 cm³/mol. The Morgan fingerprint density at radius 2 is 2.06 bits per heavy atom. The number of carbonyl (C=O) groups excluding carboxylic acids is 1. The average Bonchev–Trinajstić information content (AvgIpc) is 2.27. The first-order valence-corrected chi connectivity index (χ1v) is 6.17. The second-order valence-corrected chi connectivity index (χ2v) is 5.04. The van der Waals surface area contributed by atoms with E-state index in [-0.39, 0.29) is 13.1 Å². The highest BCUT2D eigenvalue weighted by Gasteiger charge is 2.25. The number of nitrogens with zero attached hydrogens (tertiary/aromatic N) is 1. The molecule has 1 heterocycles. The van der Waals surface area contributed by atoms with Gasteiger partial charge in [0.15, 0.2) is 0 Å². The number of rotatable bonds is 5. The van der Waals surface area contributed by atoms with Crippen LogP contribution in [0.5, 0.6) is 0 Å². The van der Waals surface area contributed by atoms with Gasteiger partial charge in [-0.1, -0.05) is 0 Å². The largest absolute Gasteiger partial charge is 0.382 e. The summed E-state index contributed by atoms with van der Waals surface area (Å²) in [5.41, 5.74) is 4.79. The average molecular weight is 253 g/mol. The van der Waals surface area contributed by atoms with Gasteiger partial charge in [0.25, 0.3) is 10.2 Å². The van der Waals surface area contributed by atoms with Gasteiger partial charge >= 0.3 is 0 Å². The molecule has 1 rings (SSSR count). The molecule has 0 bridgehead atoms. The Labute approximate surface area is 93.5 Å². The van der Waals surface area contributed by atoms with Gasteiger partial charge in [0.05, 0.1) is 13.2 Å². The number of nitrogens with two attached hydrogens (primary N) is 1. The van der Waals surface area contributed by atoms with Crippen LogP contribution in [0.15, 0.2) is 0 Å². The van der Waals surface area contributed by atoms with Gasteiger partial charge in [-0.25, -0.2) is 0 Å². The Hall–Kier alpha value is -0.740. The summed E-state index contributed by atoms with van der Waals surface area (Å²) in [4.78, 5) is 10.5.